The highest BCUT2D eigenvalue weighted by atomic mass is 16.2. The molecule has 1 aliphatic carbocycles. The molecule has 10 nitrogen and oxygen atoms in total. The molecule has 242 valence electrons. The lowest BCUT2D eigenvalue weighted by Crippen LogP contribution is -2.40. The summed E-state index contributed by atoms with van der Waals surface area (Å²) in [6.07, 6.45) is 6.35. The Labute approximate surface area is 271 Å². The molecule has 0 unspecified atom stereocenters. The lowest BCUT2D eigenvalue weighted by atomic mass is 9.84. The highest BCUT2D eigenvalue weighted by Crippen LogP contribution is 2.29. The van der Waals surface area contributed by atoms with E-state index in [-0.39, 0.29) is 11.9 Å². The lowest BCUT2D eigenvalue weighted by molar-refractivity contribution is 0.0910. The Balaban J connectivity index is 0.000000178. The number of carbonyl (C=O) groups is 2. The van der Waals surface area contributed by atoms with E-state index in [1.165, 1.54) is 32.1 Å². The molecule has 1 atom stereocenters. The first-order valence-electron chi connectivity index (χ1n) is 16.8. The molecule has 0 saturated heterocycles. The minimum absolute atomic E-state index is 0.0121. The number of benzene rings is 2. The van der Waals surface area contributed by atoms with Gasteiger partial charge in [-0.3, -0.25) is 14.5 Å². The molecule has 0 spiro atoms. The van der Waals surface area contributed by atoms with Crippen molar-refractivity contribution in [1.82, 2.24) is 34.6 Å². The van der Waals surface area contributed by atoms with Crippen molar-refractivity contribution in [2.24, 2.45) is 11.7 Å². The fraction of sp³-hybridized carbons (Fsp3) is 0.444. The summed E-state index contributed by atoms with van der Waals surface area (Å²) in [5.41, 5.74) is 10.4. The number of aromatic nitrogens is 4. The van der Waals surface area contributed by atoms with E-state index in [1.54, 1.807) is 0 Å². The van der Waals surface area contributed by atoms with E-state index in [0.29, 0.717) is 23.9 Å². The van der Waals surface area contributed by atoms with Crippen LogP contribution in [0.1, 0.15) is 78.3 Å². The number of imidazole rings is 2. The van der Waals surface area contributed by atoms with E-state index >= 15 is 0 Å². The third-order valence-electron chi connectivity index (χ3n) is 9.64. The predicted molar refractivity (Wildman–Crippen MR) is 180 cm³/mol. The van der Waals surface area contributed by atoms with Gasteiger partial charge in [-0.15, -0.1) is 0 Å². The molecular weight excluding hydrogens is 576 g/mol. The third kappa shape index (κ3) is 6.78. The monoisotopic (exact) mass is 622 g/mol. The molecule has 4 N–H and O–H groups in total. The number of nitrogens with two attached hydrogens (primary N) is 1. The molecule has 2 amide bonds. The van der Waals surface area contributed by atoms with E-state index in [0.717, 1.165) is 73.4 Å². The van der Waals surface area contributed by atoms with E-state index in [1.807, 2.05) is 48.5 Å². The van der Waals surface area contributed by atoms with Gasteiger partial charge in [0.2, 0.25) is 0 Å². The van der Waals surface area contributed by atoms with Gasteiger partial charge in [-0.2, -0.15) is 0 Å². The van der Waals surface area contributed by atoms with Crippen LogP contribution < -0.4 is 16.4 Å². The minimum Gasteiger partial charge on any atom is -0.364 e. The van der Waals surface area contributed by atoms with Crippen molar-refractivity contribution < 1.29 is 9.59 Å². The van der Waals surface area contributed by atoms with Gasteiger partial charge in [0, 0.05) is 56.4 Å². The number of nitrogens with one attached hydrogen (secondary N) is 2. The number of primary amides is 1. The van der Waals surface area contributed by atoms with Crippen LogP contribution in [-0.4, -0.2) is 61.5 Å². The van der Waals surface area contributed by atoms with Gasteiger partial charge in [-0.05, 0) is 32.2 Å². The van der Waals surface area contributed by atoms with Crippen molar-refractivity contribution in [3.8, 4) is 22.8 Å². The molecule has 46 heavy (non-hydrogen) atoms. The first-order valence-corrected chi connectivity index (χ1v) is 16.8. The number of likely N-dealkylation sites (N-methyl/N-ethyl adjacent to an activating group) is 1. The highest BCUT2D eigenvalue weighted by Gasteiger charge is 2.30. The van der Waals surface area contributed by atoms with E-state index in [2.05, 4.69) is 55.6 Å². The van der Waals surface area contributed by atoms with Gasteiger partial charge >= 0.3 is 0 Å². The molecule has 0 bridgehead atoms. The Kier molecular flexibility index (Phi) is 9.94. The van der Waals surface area contributed by atoms with Crippen molar-refractivity contribution in [3.05, 3.63) is 83.4 Å². The van der Waals surface area contributed by atoms with Gasteiger partial charge in [-0.25, -0.2) is 9.97 Å². The van der Waals surface area contributed by atoms with Crippen LogP contribution in [0.15, 0.2) is 60.7 Å². The first-order chi connectivity index (χ1) is 22.4. The summed E-state index contributed by atoms with van der Waals surface area (Å²) in [5.74, 6) is 1.85. The number of nitrogens with zero attached hydrogens (tertiary/aromatic N) is 5. The zero-order valence-electron chi connectivity index (χ0n) is 27.0. The van der Waals surface area contributed by atoms with Crippen LogP contribution in [0, 0.1) is 5.92 Å². The number of amides is 2. The van der Waals surface area contributed by atoms with Crippen molar-refractivity contribution in [1.29, 1.82) is 0 Å². The Morgan fingerprint density at radius 1 is 0.870 bits per heavy atom. The minimum atomic E-state index is -0.468. The summed E-state index contributed by atoms with van der Waals surface area (Å²) in [5, 5.41) is 6.51. The van der Waals surface area contributed by atoms with Crippen molar-refractivity contribution in [3.63, 3.8) is 0 Å². The number of carbonyl (C=O) groups excluding carboxylic acids is 2. The molecule has 3 aliphatic rings. The van der Waals surface area contributed by atoms with E-state index < -0.39 is 5.91 Å². The predicted octanol–water partition coefficient (Wildman–Crippen LogP) is 4.84. The Hall–Kier alpha value is -4.28. The van der Waals surface area contributed by atoms with Gasteiger partial charge in [0.1, 0.15) is 11.6 Å². The van der Waals surface area contributed by atoms with Crippen LogP contribution in [0.3, 0.4) is 0 Å². The number of fused-ring (bicyclic) bond motifs is 2. The summed E-state index contributed by atoms with van der Waals surface area (Å²) < 4.78 is 4.33. The molecule has 4 heterocycles. The second kappa shape index (κ2) is 14.4. The molecule has 2 aromatic heterocycles. The lowest BCUT2D eigenvalue weighted by Gasteiger charge is -2.29. The van der Waals surface area contributed by atoms with Crippen LogP contribution in [-0.2, 0) is 26.2 Å². The maximum Gasteiger partial charge on any atom is 0.272 e. The molecule has 2 aromatic carbocycles. The van der Waals surface area contributed by atoms with Crippen molar-refractivity contribution in [2.75, 3.05) is 19.6 Å². The summed E-state index contributed by atoms with van der Waals surface area (Å²) >= 11 is 0. The van der Waals surface area contributed by atoms with Gasteiger partial charge in [0.05, 0.1) is 11.4 Å². The van der Waals surface area contributed by atoms with Gasteiger partial charge in [-0.1, -0.05) is 86.8 Å². The van der Waals surface area contributed by atoms with Gasteiger partial charge in [0.25, 0.3) is 11.8 Å². The van der Waals surface area contributed by atoms with Crippen LogP contribution in [0.4, 0.5) is 0 Å². The summed E-state index contributed by atoms with van der Waals surface area (Å²) in [7, 11) is 0. The molecule has 10 heteroatoms. The average Bonchev–Trinajstić information content (AvgIpc) is 3.69. The topological polar surface area (TPSA) is 123 Å². The smallest absolute Gasteiger partial charge is 0.272 e. The van der Waals surface area contributed by atoms with E-state index in [4.69, 9.17) is 10.7 Å². The van der Waals surface area contributed by atoms with Crippen LogP contribution in [0.2, 0.25) is 0 Å². The normalized spacial score (nSPS) is 17.3. The van der Waals surface area contributed by atoms with Gasteiger partial charge < -0.3 is 25.5 Å². The molecule has 0 radical (unpaired) electrons. The third-order valence-corrected chi connectivity index (χ3v) is 9.64. The quantitative estimate of drug-likeness (QED) is 0.271. The summed E-state index contributed by atoms with van der Waals surface area (Å²) in [6.45, 7) is 10.3. The maximum absolute atomic E-state index is 13.2. The maximum atomic E-state index is 13.2. The fourth-order valence-electron chi connectivity index (χ4n) is 7.02. The number of rotatable bonds is 7. The molecule has 1 saturated carbocycles. The van der Waals surface area contributed by atoms with E-state index in [9.17, 15) is 9.59 Å². The van der Waals surface area contributed by atoms with Crippen LogP contribution in [0.5, 0.6) is 0 Å². The summed E-state index contributed by atoms with van der Waals surface area (Å²) in [4.78, 5) is 36.3. The van der Waals surface area contributed by atoms with Crippen molar-refractivity contribution >= 4 is 11.8 Å². The molecular formula is C36H46N8O2. The highest BCUT2D eigenvalue weighted by molar-refractivity contribution is 5.94. The zero-order valence-corrected chi connectivity index (χ0v) is 27.0. The zero-order chi connectivity index (χ0) is 32.0. The Bertz CT molecular complexity index is 1640. The average molecular weight is 623 g/mol. The fourth-order valence-corrected chi connectivity index (χ4v) is 7.02. The second-order valence-corrected chi connectivity index (χ2v) is 12.6. The largest absolute Gasteiger partial charge is 0.364 e. The standard InChI is InChI=1S/C23H32N4O.C13H14N4O/c1-3-26-14-15-27-20(16-26)21(25-22(27)19-12-8-5-9-13-19)23(28)24-17(2)18-10-6-4-7-11-18;14-12(18)11-10-8-15-6-7-17(10)13(16-11)9-4-2-1-3-5-9/h5,8-9,12-13,17-18H,3-4,6-7,10-11,14-16H2,1-2H3,(H,24,28);1-5,15H,6-8H2,(H2,14,18)/t17-;/m1./s1. The molecule has 7 rings (SSSR count). The van der Waals surface area contributed by atoms with Crippen LogP contribution in [0.25, 0.3) is 22.8 Å². The number of hydrogen-bond acceptors (Lipinski definition) is 6. The van der Waals surface area contributed by atoms with Crippen LogP contribution >= 0.6 is 0 Å². The Morgan fingerprint density at radius 2 is 1.48 bits per heavy atom. The molecule has 2 aliphatic heterocycles. The SMILES string of the molecule is CCN1CCn2c(-c3ccccc3)nc(C(=O)N[C@H](C)C3CCCCC3)c2C1.NC(=O)c1nc(-c2ccccc2)n2c1CNCC2. The first kappa shape index (κ1) is 31.7. The summed E-state index contributed by atoms with van der Waals surface area (Å²) in [6, 6.07) is 20.3. The molecule has 1 fully saturated rings. The van der Waals surface area contributed by atoms with Crippen molar-refractivity contribution in [2.45, 2.75) is 78.2 Å². The number of hydrogen-bond donors (Lipinski definition) is 3. The molecule has 4 aromatic rings. The second-order valence-electron chi connectivity index (χ2n) is 12.6. The Morgan fingerprint density at radius 3 is 2.09 bits per heavy atom. The van der Waals surface area contributed by atoms with Gasteiger partial charge in [0.15, 0.2) is 11.4 Å².